The third-order valence-electron chi connectivity index (χ3n) is 5.31. The average Bonchev–Trinajstić information content (AvgIpc) is 3.19. The van der Waals surface area contributed by atoms with E-state index in [1.807, 2.05) is 42.5 Å². The molecule has 30 heavy (non-hydrogen) atoms. The second kappa shape index (κ2) is 7.49. The summed E-state index contributed by atoms with van der Waals surface area (Å²) < 4.78 is 2.16. The van der Waals surface area contributed by atoms with Gasteiger partial charge < -0.3 is 4.40 Å². The van der Waals surface area contributed by atoms with Crippen molar-refractivity contribution in [3.05, 3.63) is 103 Å². The fourth-order valence-corrected chi connectivity index (χ4v) is 4.00. The molecule has 0 spiro atoms. The van der Waals surface area contributed by atoms with E-state index in [0.29, 0.717) is 0 Å². The van der Waals surface area contributed by atoms with Gasteiger partial charge in [0, 0.05) is 25.7 Å². The van der Waals surface area contributed by atoms with Gasteiger partial charge in [0.25, 0.3) is 0 Å². The van der Waals surface area contributed by atoms with E-state index in [0.717, 1.165) is 44.5 Å². The van der Waals surface area contributed by atoms with Crippen molar-refractivity contribution >= 4 is 27.6 Å². The fraction of sp³-hybridized carbons (Fsp3) is 0. The molecule has 2 heterocycles. The summed E-state index contributed by atoms with van der Waals surface area (Å²) in [7, 11) is 0. The maximum atomic E-state index is 5.07. The van der Waals surface area contributed by atoms with Crippen molar-refractivity contribution in [2.24, 2.45) is 0 Å². The number of imidazole rings is 1. The van der Waals surface area contributed by atoms with Crippen molar-refractivity contribution in [2.75, 3.05) is 0 Å². The first kappa shape index (κ1) is 18.7. The zero-order valence-corrected chi connectivity index (χ0v) is 18.3. The van der Waals surface area contributed by atoms with Gasteiger partial charge in [-0.2, -0.15) is 0 Å². The van der Waals surface area contributed by atoms with Crippen molar-refractivity contribution in [1.29, 1.82) is 0 Å². The number of hydrogen-bond acceptors (Lipinski definition) is 2. The summed E-state index contributed by atoms with van der Waals surface area (Å²) in [6.45, 7) is 0. The van der Waals surface area contributed by atoms with Crippen LogP contribution in [-0.4, -0.2) is 14.4 Å². The quantitative estimate of drug-likeness (QED) is 0.237. The third-order valence-corrected chi connectivity index (χ3v) is 5.31. The Morgan fingerprint density at radius 1 is 0.633 bits per heavy atom. The molecule has 0 amide bonds. The Morgan fingerprint density at radius 3 is 2.20 bits per heavy atom. The number of benzene rings is 4. The Morgan fingerprint density at radius 2 is 1.33 bits per heavy atom. The molecule has 0 fully saturated rings. The Balaban J connectivity index is 0.00000193. The van der Waals surface area contributed by atoms with Gasteiger partial charge in [-0.25, -0.2) is 0 Å². The largest absolute Gasteiger partial charge is 0.318 e. The number of para-hydroxylation sites is 2. The molecule has 6 rings (SSSR count). The van der Waals surface area contributed by atoms with Crippen LogP contribution in [0.2, 0.25) is 0 Å². The van der Waals surface area contributed by atoms with Gasteiger partial charge in [0.05, 0.1) is 16.7 Å². The van der Waals surface area contributed by atoms with Crippen LogP contribution in [-0.2, 0) is 20.1 Å². The van der Waals surface area contributed by atoms with E-state index >= 15 is 0 Å². The van der Waals surface area contributed by atoms with E-state index in [1.54, 1.807) is 0 Å². The van der Waals surface area contributed by atoms with Crippen molar-refractivity contribution in [1.82, 2.24) is 14.4 Å². The van der Waals surface area contributed by atoms with Gasteiger partial charge in [-0.15, -0.1) is 24.3 Å². The van der Waals surface area contributed by atoms with Crippen LogP contribution >= 0.6 is 0 Å². The maximum Gasteiger partial charge on any atom is 0.129 e. The molecule has 0 saturated heterocycles. The number of hydrogen-bond donors (Lipinski definition) is 0. The Labute approximate surface area is 187 Å². The van der Waals surface area contributed by atoms with Gasteiger partial charge in [0.1, 0.15) is 5.82 Å². The summed E-state index contributed by atoms with van der Waals surface area (Å²) in [5.74, 6) is 0.889. The second-order valence-electron chi connectivity index (χ2n) is 7.04. The molecule has 0 aliphatic rings. The first-order chi connectivity index (χ1) is 14.4. The molecule has 3 nitrogen and oxygen atoms in total. The third kappa shape index (κ3) is 2.85. The van der Waals surface area contributed by atoms with Gasteiger partial charge in [0.15, 0.2) is 0 Å². The van der Waals surface area contributed by atoms with E-state index in [-0.39, 0.29) is 20.1 Å². The minimum absolute atomic E-state index is 0. The summed E-state index contributed by atoms with van der Waals surface area (Å²) in [4.78, 5) is 10.00. The predicted octanol–water partition coefficient (Wildman–Crippen LogP) is 6.17. The minimum Gasteiger partial charge on any atom is -0.318 e. The molecule has 1 radical (unpaired) electrons. The zero-order valence-electron chi connectivity index (χ0n) is 15.9. The van der Waals surface area contributed by atoms with Crippen molar-refractivity contribution in [3.8, 4) is 22.5 Å². The van der Waals surface area contributed by atoms with Gasteiger partial charge in [-0.3, -0.25) is 9.97 Å². The number of nitrogens with zero attached hydrogens (tertiary/aromatic N) is 3. The molecule has 0 aliphatic heterocycles. The topological polar surface area (TPSA) is 30.2 Å². The maximum absolute atomic E-state index is 5.07. The van der Waals surface area contributed by atoms with E-state index in [2.05, 4.69) is 65.1 Å². The van der Waals surface area contributed by atoms with Gasteiger partial charge in [-0.05, 0) is 28.8 Å². The van der Waals surface area contributed by atoms with Crippen molar-refractivity contribution < 1.29 is 20.1 Å². The fourth-order valence-electron chi connectivity index (χ4n) is 4.00. The van der Waals surface area contributed by atoms with Crippen LogP contribution in [0, 0.1) is 6.07 Å². The van der Waals surface area contributed by atoms with Gasteiger partial charge in [0.2, 0.25) is 0 Å². The molecule has 0 atom stereocenters. The van der Waals surface area contributed by atoms with Crippen LogP contribution in [0.4, 0.5) is 0 Å². The molecule has 0 saturated carbocycles. The Hall–Kier alpha value is -3.33. The standard InChI is InChI=1S/C26H16N3.Ir/c1-2-10-18(11-3-1)19-12-4-5-13-20(19)25-27-22-15-7-6-14-21(22)26-28-23-16-8-9-17-24(23)29(25)26;/h1-13,15-17H;/q-1;. The molecule has 4 heteroatoms. The van der Waals surface area contributed by atoms with E-state index < -0.39 is 0 Å². The minimum atomic E-state index is 0. The zero-order chi connectivity index (χ0) is 19.2. The summed E-state index contributed by atoms with van der Waals surface area (Å²) >= 11 is 0. The van der Waals surface area contributed by atoms with E-state index in [9.17, 15) is 0 Å². The first-order valence-electron chi connectivity index (χ1n) is 9.62. The Kier molecular flexibility index (Phi) is 4.66. The predicted molar refractivity (Wildman–Crippen MR) is 118 cm³/mol. The molecule has 0 N–H and O–H groups in total. The smallest absolute Gasteiger partial charge is 0.129 e. The van der Waals surface area contributed by atoms with Crippen LogP contribution in [0.25, 0.3) is 50.1 Å². The molecular weight excluding hydrogens is 547 g/mol. The first-order valence-corrected chi connectivity index (χ1v) is 9.62. The van der Waals surface area contributed by atoms with Crippen LogP contribution < -0.4 is 0 Å². The summed E-state index contributed by atoms with van der Waals surface area (Å²) in [6.07, 6.45) is 0. The average molecular weight is 563 g/mol. The SMILES string of the molecule is [Ir].[c-]1cccc2nc(-c3ccccc3-c3ccccc3)n3c4ccccc4nc3c12. The van der Waals surface area contributed by atoms with Crippen LogP contribution in [0.1, 0.15) is 0 Å². The molecule has 145 valence electrons. The Bertz CT molecular complexity index is 1500. The van der Waals surface area contributed by atoms with Crippen molar-refractivity contribution in [3.63, 3.8) is 0 Å². The molecule has 0 aliphatic carbocycles. The second-order valence-corrected chi connectivity index (χ2v) is 7.04. The molecular formula is C26H16IrN3-. The molecule has 2 aromatic heterocycles. The normalized spacial score (nSPS) is 11.1. The molecule has 0 unspecified atom stereocenters. The van der Waals surface area contributed by atoms with Crippen LogP contribution in [0.5, 0.6) is 0 Å². The molecule has 0 bridgehead atoms. The monoisotopic (exact) mass is 563 g/mol. The number of aromatic nitrogens is 3. The van der Waals surface area contributed by atoms with E-state index in [1.165, 1.54) is 5.56 Å². The van der Waals surface area contributed by atoms with Crippen LogP contribution in [0.3, 0.4) is 0 Å². The van der Waals surface area contributed by atoms with Gasteiger partial charge in [-0.1, -0.05) is 72.1 Å². The van der Waals surface area contributed by atoms with Crippen molar-refractivity contribution in [2.45, 2.75) is 0 Å². The molecule has 4 aromatic carbocycles. The number of rotatable bonds is 2. The molecule has 6 aromatic rings. The van der Waals surface area contributed by atoms with E-state index in [4.69, 9.17) is 9.97 Å². The van der Waals surface area contributed by atoms with Crippen LogP contribution in [0.15, 0.2) is 97.1 Å². The summed E-state index contributed by atoms with van der Waals surface area (Å²) in [5.41, 5.74) is 7.19. The number of fused-ring (bicyclic) bond motifs is 5. The summed E-state index contributed by atoms with van der Waals surface area (Å²) in [6, 6.07) is 36.3. The summed E-state index contributed by atoms with van der Waals surface area (Å²) in [5, 5.41) is 0.935. The van der Waals surface area contributed by atoms with Gasteiger partial charge >= 0.3 is 0 Å².